The van der Waals surface area contributed by atoms with E-state index in [2.05, 4.69) is 39.9 Å². The van der Waals surface area contributed by atoms with E-state index in [1.165, 1.54) is 44.7 Å². The first-order valence-corrected chi connectivity index (χ1v) is 7.14. The molecule has 2 aliphatic heterocycles. The Bertz CT molecular complexity index is 404. The number of nitrogens with zero attached hydrogens (tertiary/aromatic N) is 3. The van der Waals surface area contributed by atoms with E-state index in [0.717, 1.165) is 6.54 Å². The quantitative estimate of drug-likeness (QED) is 0.883. The molecular weight excluding hydrogens is 224 g/mol. The van der Waals surface area contributed by atoms with E-state index in [4.69, 9.17) is 0 Å². The highest BCUT2D eigenvalue weighted by molar-refractivity contribution is 5.04. The highest BCUT2D eigenvalue weighted by atomic mass is 15.3. The standard InChI is InChI=1S/C14H24N4/c1-12(2)18-13(3-6-16-18)9-17-8-5-14(11-17)4-7-15-10-14/h3,6,12,15H,4-5,7-11H2,1-2H3. The molecule has 2 aliphatic rings. The summed E-state index contributed by atoms with van der Waals surface area (Å²) in [6, 6.07) is 2.62. The van der Waals surface area contributed by atoms with E-state index in [1.807, 2.05) is 6.20 Å². The van der Waals surface area contributed by atoms with Gasteiger partial charge in [0.25, 0.3) is 0 Å². The molecular formula is C14H24N4. The van der Waals surface area contributed by atoms with Gasteiger partial charge in [0.15, 0.2) is 0 Å². The molecule has 18 heavy (non-hydrogen) atoms. The summed E-state index contributed by atoms with van der Waals surface area (Å²) in [6.45, 7) is 10.4. The van der Waals surface area contributed by atoms with E-state index >= 15 is 0 Å². The first-order valence-electron chi connectivity index (χ1n) is 7.14. The summed E-state index contributed by atoms with van der Waals surface area (Å²) >= 11 is 0. The van der Waals surface area contributed by atoms with Gasteiger partial charge in [0.05, 0.1) is 5.69 Å². The molecule has 0 amide bonds. The molecule has 1 unspecified atom stereocenters. The molecule has 3 heterocycles. The summed E-state index contributed by atoms with van der Waals surface area (Å²) in [5, 5.41) is 7.94. The van der Waals surface area contributed by atoms with Crippen LogP contribution in [-0.2, 0) is 6.54 Å². The largest absolute Gasteiger partial charge is 0.316 e. The van der Waals surface area contributed by atoms with Crippen molar-refractivity contribution in [2.24, 2.45) is 5.41 Å². The molecule has 3 rings (SSSR count). The monoisotopic (exact) mass is 248 g/mol. The van der Waals surface area contributed by atoms with Crippen LogP contribution in [0.5, 0.6) is 0 Å². The third kappa shape index (κ3) is 2.19. The van der Waals surface area contributed by atoms with Gasteiger partial charge in [0.2, 0.25) is 0 Å². The van der Waals surface area contributed by atoms with Crippen molar-refractivity contribution in [3.63, 3.8) is 0 Å². The van der Waals surface area contributed by atoms with Crippen molar-refractivity contribution in [2.45, 2.75) is 39.3 Å². The van der Waals surface area contributed by atoms with Crippen LogP contribution in [0.2, 0.25) is 0 Å². The maximum atomic E-state index is 4.42. The van der Waals surface area contributed by atoms with Crippen molar-refractivity contribution in [1.29, 1.82) is 0 Å². The summed E-state index contributed by atoms with van der Waals surface area (Å²) in [5.41, 5.74) is 1.93. The Balaban J connectivity index is 1.65. The number of hydrogen-bond donors (Lipinski definition) is 1. The van der Waals surface area contributed by atoms with Crippen LogP contribution >= 0.6 is 0 Å². The summed E-state index contributed by atoms with van der Waals surface area (Å²) in [5.74, 6) is 0. The van der Waals surface area contributed by atoms with Gasteiger partial charge in [-0.05, 0) is 51.3 Å². The topological polar surface area (TPSA) is 33.1 Å². The van der Waals surface area contributed by atoms with Crippen LogP contribution in [0.4, 0.5) is 0 Å². The van der Waals surface area contributed by atoms with Crippen molar-refractivity contribution in [2.75, 3.05) is 26.2 Å². The first kappa shape index (κ1) is 12.2. The smallest absolute Gasteiger partial charge is 0.0527 e. The van der Waals surface area contributed by atoms with Crippen LogP contribution in [0.1, 0.15) is 38.4 Å². The molecule has 4 nitrogen and oxygen atoms in total. The predicted molar refractivity (Wildman–Crippen MR) is 72.4 cm³/mol. The van der Waals surface area contributed by atoms with E-state index in [0.29, 0.717) is 11.5 Å². The maximum Gasteiger partial charge on any atom is 0.0527 e. The van der Waals surface area contributed by atoms with Crippen LogP contribution in [0.3, 0.4) is 0 Å². The highest BCUT2D eigenvalue weighted by Gasteiger charge is 2.40. The zero-order chi connectivity index (χ0) is 12.6. The van der Waals surface area contributed by atoms with Gasteiger partial charge in [-0.2, -0.15) is 5.10 Å². The average Bonchev–Trinajstić information content (AvgIpc) is 3.03. The number of likely N-dealkylation sites (tertiary alicyclic amines) is 1. The van der Waals surface area contributed by atoms with Gasteiger partial charge in [0.1, 0.15) is 0 Å². The van der Waals surface area contributed by atoms with Crippen LogP contribution in [0.15, 0.2) is 12.3 Å². The van der Waals surface area contributed by atoms with Crippen molar-refractivity contribution < 1.29 is 0 Å². The fourth-order valence-corrected chi connectivity index (χ4v) is 3.47. The molecule has 1 N–H and O–H groups in total. The third-order valence-electron chi connectivity index (χ3n) is 4.48. The Hall–Kier alpha value is -0.870. The molecule has 0 radical (unpaired) electrons. The molecule has 2 fully saturated rings. The second kappa shape index (κ2) is 4.67. The molecule has 1 spiro atoms. The average molecular weight is 248 g/mol. The Morgan fingerprint density at radius 2 is 2.33 bits per heavy atom. The molecule has 1 atom stereocenters. The molecule has 0 aromatic carbocycles. The minimum atomic E-state index is 0.458. The van der Waals surface area contributed by atoms with Gasteiger partial charge in [-0.1, -0.05) is 0 Å². The van der Waals surface area contributed by atoms with Crippen molar-refractivity contribution in [3.8, 4) is 0 Å². The van der Waals surface area contributed by atoms with Crippen LogP contribution in [0.25, 0.3) is 0 Å². The van der Waals surface area contributed by atoms with Gasteiger partial charge in [0, 0.05) is 31.9 Å². The lowest BCUT2D eigenvalue weighted by Crippen LogP contribution is -2.29. The summed E-state index contributed by atoms with van der Waals surface area (Å²) in [4.78, 5) is 2.60. The lowest BCUT2D eigenvalue weighted by atomic mass is 9.87. The SMILES string of the molecule is CC(C)n1nccc1CN1CCC2(CCNC2)C1. The van der Waals surface area contributed by atoms with Gasteiger partial charge in [-0.15, -0.1) is 0 Å². The van der Waals surface area contributed by atoms with E-state index in [9.17, 15) is 0 Å². The van der Waals surface area contributed by atoms with Crippen molar-refractivity contribution >= 4 is 0 Å². The van der Waals surface area contributed by atoms with E-state index in [-0.39, 0.29) is 0 Å². The lowest BCUT2D eigenvalue weighted by Gasteiger charge is -2.23. The molecule has 2 saturated heterocycles. The Morgan fingerprint density at radius 1 is 1.44 bits per heavy atom. The highest BCUT2D eigenvalue weighted by Crippen LogP contribution is 2.36. The Morgan fingerprint density at radius 3 is 3.06 bits per heavy atom. The fourth-order valence-electron chi connectivity index (χ4n) is 3.47. The van der Waals surface area contributed by atoms with Crippen LogP contribution in [-0.4, -0.2) is 40.9 Å². The number of nitrogens with one attached hydrogen (secondary N) is 1. The van der Waals surface area contributed by atoms with Gasteiger partial charge < -0.3 is 5.32 Å². The Kier molecular flexibility index (Phi) is 3.16. The molecule has 0 bridgehead atoms. The molecule has 4 heteroatoms. The summed E-state index contributed by atoms with van der Waals surface area (Å²) in [6.07, 6.45) is 4.64. The summed E-state index contributed by atoms with van der Waals surface area (Å²) < 4.78 is 2.15. The number of rotatable bonds is 3. The zero-order valence-corrected chi connectivity index (χ0v) is 11.5. The Labute approximate surface area is 109 Å². The molecule has 0 saturated carbocycles. The molecule has 1 aromatic rings. The van der Waals surface area contributed by atoms with Crippen LogP contribution in [0, 0.1) is 5.41 Å². The van der Waals surface area contributed by atoms with E-state index in [1.54, 1.807) is 0 Å². The minimum absolute atomic E-state index is 0.458. The minimum Gasteiger partial charge on any atom is -0.316 e. The zero-order valence-electron chi connectivity index (χ0n) is 11.5. The summed E-state index contributed by atoms with van der Waals surface area (Å²) in [7, 11) is 0. The van der Waals surface area contributed by atoms with Crippen molar-refractivity contribution in [3.05, 3.63) is 18.0 Å². The number of hydrogen-bond acceptors (Lipinski definition) is 3. The molecule has 100 valence electrons. The second-order valence-corrected chi connectivity index (χ2v) is 6.25. The normalized spacial score (nSPS) is 28.8. The van der Waals surface area contributed by atoms with Crippen LogP contribution < -0.4 is 5.32 Å². The predicted octanol–water partition coefficient (Wildman–Crippen LogP) is 1.65. The number of aromatic nitrogens is 2. The molecule has 1 aromatic heterocycles. The second-order valence-electron chi connectivity index (χ2n) is 6.25. The van der Waals surface area contributed by atoms with Gasteiger partial charge in [-0.3, -0.25) is 9.58 Å². The third-order valence-corrected chi connectivity index (χ3v) is 4.48. The fraction of sp³-hybridized carbons (Fsp3) is 0.786. The first-order chi connectivity index (χ1) is 8.69. The lowest BCUT2D eigenvalue weighted by molar-refractivity contribution is 0.260. The van der Waals surface area contributed by atoms with Gasteiger partial charge in [-0.25, -0.2) is 0 Å². The maximum absolute atomic E-state index is 4.42. The van der Waals surface area contributed by atoms with E-state index < -0.39 is 0 Å². The van der Waals surface area contributed by atoms with Crippen molar-refractivity contribution in [1.82, 2.24) is 20.0 Å². The molecule has 0 aliphatic carbocycles. The van der Waals surface area contributed by atoms with Gasteiger partial charge >= 0.3 is 0 Å².